The molecule has 0 N–H and O–H groups in total. The Balaban J connectivity index is 1.57. The van der Waals surface area contributed by atoms with Gasteiger partial charge in [0.25, 0.3) is 0 Å². The van der Waals surface area contributed by atoms with Gasteiger partial charge in [0.15, 0.2) is 0 Å². The van der Waals surface area contributed by atoms with Gasteiger partial charge in [0, 0.05) is 26.7 Å². The van der Waals surface area contributed by atoms with E-state index in [9.17, 15) is 0 Å². The van der Waals surface area contributed by atoms with Gasteiger partial charge in [-0.2, -0.15) is 5.10 Å². The molecular weight excluding hydrogens is 358 g/mol. The second kappa shape index (κ2) is 9.44. The summed E-state index contributed by atoms with van der Waals surface area (Å²) in [4.78, 5) is 2.54. The van der Waals surface area contributed by atoms with Crippen LogP contribution in [0.2, 0.25) is 0 Å². The van der Waals surface area contributed by atoms with Crippen molar-refractivity contribution in [3.63, 3.8) is 0 Å². The smallest absolute Gasteiger partial charge is 0.0771 e. The van der Waals surface area contributed by atoms with Crippen LogP contribution in [0, 0.1) is 0 Å². The maximum absolute atomic E-state index is 5.53. The molecule has 0 radical (unpaired) electrons. The zero-order chi connectivity index (χ0) is 20.2. The zero-order valence-corrected chi connectivity index (χ0v) is 18.4. The van der Waals surface area contributed by atoms with Gasteiger partial charge in [0.1, 0.15) is 0 Å². The summed E-state index contributed by atoms with van der Waals surface area (Å²) < 4.78 is 7.89. The molecule has 1 aliphatic heterocycles. The first-order valence-electron chi connectivity index (χ1n) is 11.6. The van der Waals surface area contributed by atoms with E-state index in [0.29, 0.717) is 18.1 Å². The van der Waals surface area contributed by atoms with Gasteiger partial charge in [-0.25, -0.2) is 0 Å². The van der Waals surface area contributed by atoms with Gasteiger partial charge in [0.05, 0.1) is 23.5 Å². The van der Waals surface area contributed by atoms with Crippen molar-refractivity contribution < 1.29 is 4.74 Å². The van der Waals surface area contributed by atoms with E-state index in [4.69, 9.17) is 9.84 Å². The minimum atomic E-state index is 0.432. The fourth-order valence-corrected chi connectivity index (χ4v) is 4.91. The molecule has 0 spiro atoms. The third kappa shape index (κ3) is 4.92. The average Bonchev–Trinajstić information content (AvgIpc) is 3.19. The minimum Gasteiger partial charge on any atom is -0.381 e. The highest BCUT2D eigenvalue weighted by Gasteiger charge is 2.23. The lowest BCUT2D eigenvalue weighted by Gasteiger charge is -2.30. The summed E-state index contributed by atoms with van der Waals surface area (Å²) in [5, 5.41) is 5.14. The van der Waals surface area contributed by atoms with Crippen LogP contribution < -0.4 is 0 Å². The van der Waals surface area contributed by atoms with Gasteiger partial charge in [-0.1, -0.05) is 57.4 Å². The first-order chi connectivity index (χ1) is 14.1. The Kier molecular flexibility index (Phi) is 6.71. The van der Waals surface area contributed by atoms with E-state index in [1.165, 1.54) is 54.6 Å². The second-order valence-electron chi connectivity index (χ2n) is 9.25. The number of hydrogen-bond donors (Lipinski definition) is 0. The van der Waals surface area contributed by atoms with Crippen molar-refractivity contribution in [3.8, 4) is 11.3 Å². The Labute approximate surface area is 176 Å². The predicted octanol–water partition coefficient (Wildman–Crippen LogP) is 5.79. The van der Waals surface area contributed by atoms with Crippen LogP contribution >= 0.6 is 0 Å². The first kappa shape index (κ1) is 20.6. The molecule has 0 amide bonds. The van der Waals surface area contributed by atoms with E-state index in [1.54, 1.807) is 0 Å². The molecule has 1 saturated heterocycles. The molecule has 4 heteroatoms. The molecule has 158 valence electrons. The van der Waals surface area contributed by atoms with Gasteiger partial charge in [-0.15, -0.1) is 0 Å². The summed E-state index contributed by atoms with van der Waals surface area (Å²) in [7, 11) is 1.84. The number of hydrogen-bond acceptors (Lipinski definition) is 3. The Morgan fingerprint density at radius 2 is 1.69 bits per heavy atom. The highest BCUT2D eigenvalue weighted by atomic mass is 16.5. The highest BCUT2D eigenvalue weighted by molar-refractivity contribution is 5.61. The molecule has 4 rings (SSSR count). The van der Waals surface area contributed by atoms with E-state index in [2.05, 4.69) is 53.8 Å². The van der Waals surface area contributed by atoms with Crippen LogP contribution in [0.3, 0.4) is 0 Å². The number of rotatable bonds is 6. The number of aromatic nitrogens is 2. The highest BCUT2D eigenvalue weighted by Crippen LogP contribution is 2.33. The molecule has 2 heterocycles. The quantitative estimate of drug-likeness (QED) is 0.620. The summed E-state index contributed by atoms with van der Waals surface area (Å²) in [5.41, 5.74) is 5.22. The van der Waals surface area contributed by atoms with Crippen molar-refractivity contribution in [1.29, 1.82) is 0 Å². The van der Waals surface area contributed by atoms with Gasteiger partial charge in [0.2, 0.25) is 0 Å². The van der Waals surface area contributed by atoms with Gasteiger partial charge in [-0.05, 0) is 48.8 Å². The monoisotopic (exact) mass is 395 g/mol. The standard InChI is InChI=1S/C25H37N3O/c1-19(2)20-9-11-21(12-10-20)25-17-22(18-27-15-13-24(29-3)14-16-27)26-28(25)23-7-5-4-6-8-23/h9-12,17,19,23-24H,4-8,13-16,18H2,1-3H3. The van der Waals surface area contributed by atoms with Crippen LogP contribution in [0.1, 0.15) is 82.0 Å². The summed E-state index contributed by atoms with van der Waals surface area (Å²) >= 11 is 0. The summed E-state index contributed by atoms with van der Waals surface area (Å²) in [6, 6.07) is 12.1. The van der Waals surface area contributed by atoms with Crippen molar-refractivity contribution in [2.24, 2.45) is 0 Å². The van der Waals surface area contributed by atoms with Crippen molar-refractivity contribution in [3.05, 3.63) is 41.6 Å². The summed E-state index contributed by atoms with van der Waals surface area (Å²) in [6.45, 7) is 7.67. The van der Waals surface area contributed by atoms with Gasteiger partial charge in [-0.3, -0.25) is 9.58 Å². The third-order valence-corrected chi connectivity index (χ3v) is 6.83. The first-order valence-corrected chi connectivity index (χ1v) is 11.6. The van der Waals surface area contributed by atoms with Crippen LogP contribution in [0.25, 0.3) is 11.3 Å². The van der Waals surface area contributed by atoms with Gasteiger partial charge < -0.3 is 4.74 Å². The fourth-order valence-electron chi connectivity index (χ4n) is 4.91. The topological polar surface area (TPSA) is 30.3 Å². The molecule has 1 aromatic heterocycles. The number of ether oxygens (including phenoxy) is 1. The molecule has 2 aliphatic rings. The van der Waals surface area contributed by atoms with Gasteiger partial charge >= 0.3 is 0 Å². The number of methoxy groups -OCH3 is 1. The van der Waals surface area contributed by atoms with Crippen LogP contribution in [0.15, 0.2) is 30.3 Å². The Hall–Kier alpha value is -1.65. The number of benzene rings is 1. The zero-order valence-electron chi connectivity index (χ0n) is 18.4. The molecule has 1 saturated carbocycles. The Morgan fingerprint density at radius 1 is 1.00 bits per heavy atom. The Bertz CT molecular complexity index is 766. The molecule has 1 aromatic carbocycles. The normalized spacial score (nSPS) is 19.9. The van der Waals surface area contributed by atoms with E-state index in [-0.39, 0.29) is 0 Å². The number of nitrogens with zero attached hydrogens (tertiary/aromatic N) is 3. The maximum atomic E-state index is 5.53. The van der Waals surface area contributed by atoms with Crippen LogP contribution in [-0.2, 0) is 11.3 Å². The number of piperidine rings is 1. The fraction of sp³-hybridized carbons (Fsp3) is 0.640. The van der Waals surface area contributed by atoms with Crippen LogP contribution in [0.4, 0.5) is 0 Å². The van der Waals surface area contributed by atoms with E-state index >= 15 is 0 Å². The SMILES string of the molecule is COC1CCN(Cc2cc(-c3ccc(C(C)C)cc3)n(C3CCCCC3)n2)CC1. The van der Waals surface area contributed by atoms with E-state index in [0.717, 1.165) is 32.5 Å². The average molecular weight is 396 g/mol. The predicted molar refractivity (Wildman–Crippen MR) is 119 cm³/mol. The van der Waals surface area contributed by atoms with Crippen molar-refractivity contribution in [2.45, 2.75) is 83.4 Å². The molecule has 2 fully saturated rings. The molecule has 4 nitrogen and oxygen atoms in total. The lowest BCUT2D eigenvalue weighted by atomic mass is 9.95. The van der Waals surface area contributed by atoms with Crippen molar-refractivity contribution in [2.75, 3.05) is 20.2 Å². The van der Waals surface area contributed by atoms with Crippen LogP contribution in [-0.4, -0.2) is 41.0 Å². The molecule has 29 heavy (non-hydrogen) atoms. The van der Waals surface area contributed by atoms with Crippen molar-refractivity contribution in [1.82, 2.24) is 14.7 Å². The molecule has 0 unspecified atom stereocenters. The molecule has 1 aliphatic carbocycles. The molecular formula is C25H37N3O. The summed E-state index contributed by atoms with van der Waals surface area (Å²) in [5.74, 6) is 0.567. The second-order valence-corrected chi connectivity index (χ2v) is 9.25. The molecule has 0 bridgehead atoms. The molecule has 0 atom stereocenters. The van der Waals surface area contributed by atoms with Crippen molar-refractivity contribution >= 4 is 0 Å². The Morgan fingerprint density at radius 3 is 2.31 bits per heavy atom. The van der Waals surface area contributed by atoms with E-state index < -0.39 is 0 Å². The largest absolute Gasteiger partial charge is 0.381 e. The lowest BCUT2D eigenvalue weighted by molar-refractivity contribution is 0.0384. The maximum Gasteiger partial charge on any atom is 0.0771 e. The summed E-state index contributed by atoms with van der Waals surface area (Å²) in [6.07, 6.45) is 9.24. The molecule has 2 aromatic rings. The third-order valence-electron chi connectivity index (χ3n) is 6.83. The lowest BCUT2D eigenvalue weighted by Crippen LogP contribution is -2.36. The number of likely N-dealkylation sites (tertiary alicyclic amines) is 1. The minimum absolute atomic E-state index is 0.432. The van der Waals surface area contributed by atoms with E-state index in [1.807, 2.05) is 7.11 Å². The van der Waals surface area contributed by atoms with Crippen LogP contribution in [0.5, 0.6) is 0 Å².